The summed E-state index contributed by atoms with van der Waals surface area (Å²) in [4.78, 5) is 2.23. The van der Waals surface area contributed by atoms with E-state index in [2.05, 4.69) is 31.7 Å². The van der Waals surface area contributed by atoms with Crippen molar-refractivity contribution in [3.8, 4) is 5.75 Å². The summed E-state index contributed by atoms with van der Waals surface area (Å²) in [6.45, 7) is 9.29. The van der Waals surface area contributed by atoms with Crippen molar-refractivity contribution >= 4 is 0 Å². The van der Waals surface area contributed by atoms with Crippen molar-refractivity contribution in [3.63, 3.8) is 0 Å². The van der Waals surface area contributed by atoms with Gasteiger partial charge in [-0.25, -0.2) is 0 Å². The molecule has 1 aromatic carbocycles. The average Bonchev–Trinajstić information content (AvgIpc) is 2.26. The molecule has 0 radical (unpaired) electrons. The Labute approximate surface area is 109 Å². The highest BCUT2D eigenvalue weighted by Crippen LogP contribution is 2.28. The number of rotatable bonds is 5. The predicted octanol–water partition coefficient (Wildman–Crippen LogP) is 2.08. The van der Waals surface area contributed by atoms with E-state index in [-0.39, 0.29) is 0 Å². The van der Waals surface area contributed by atoms with Gasteiger partial charge in [0.2, 0.25) is 0 Å². The highest BCUT2D eigenvalue weighted by molar-refractivity contribution is 5.27. The lowest BCUT2D eigenvalue weighted by atomic mass is 9.83. The van der Waals surface area contributed by atoms with Crippen molar-refractivity contribution in [1.29, 1.82) is 0 Å². The van der Waals surface area contributed by atoms with Crippen LogP contribution in [-0.4, -0.2) is 41.8 Å². The molecule has 18 heavy (non-hydrogen) atoms. The molecule has 0 unspecified atom stereocenters. The maximum Gasteiger partial charge on any atom is 0.119 e. The summed E-state index contributed by atoms with van der Waals surface area (Å²) < 4.78 is 5.70. The molecule has 1 aliphatic heterocycles. The van der Waals surface area contributed by atoms with Crippen LogP contribution in [0.5, 0.6) is 5.75 Å². The second-order valence-corrected chi connectivity index (χ2v) is 5.63. The molecule has 100 valence electrons. The first-order valence-electron chi connectivity index (χ1n) is 6.64. The molecule has 3 heteroatoms. The fourth-order valence-electron chi connectivity index (χ4n) is 2.25. The quantitative estimate of drug-likeness (QED) is 0.867. The third-order valence-corrected chi connectivity index (χ3v) is 3.74. The Balaban J connectivity index is 1.69. The minimum Gasteiger partial charge on any atom is -0.492 e. The number of nitrogens with zero attached hydrogens (tertiary/aromatic N) is 1. The number of aryl methyl sites for hydroxylation is 1. The zero-order chi connectivity index (χ0) is 13.2. The van der Waals surface area contributed by atoms with Crippen LogP contribution < -0.4 is 4.74 Å². The van der Waals surface area contributed by atoms with Crippen molar-refractivity contribution in [1.82, 2.24) is 4.90 Å². The molecule has 0 saturated carbocycles. The maximum absolute atomic E-state index is 10.1. The Hall–Kier alpha value is -1.06. The highest BCUT2D eigenvalue weighted by atomic mass is 16.5. The van der Waals surface area contributed by atoms with Crippen molar-refractivity contribution in [3.05, 3.63) is 29.8 Å². The van der Waals surface area contributed by atoms with E-state index in [0.717, 1.165) is 25.4 Å². The van der Waals surface area contributed by atoms with Crippen molar-refractivity contribution in [2.75, 3.05) is 26.2 Å². The second-order valence-electron chi connectivity index (χ2n) is 5.63. The van der Waals surface area contributed by atoms with Crippen LogP contribution in [0.4, 0.5) is 0 Å². The largest absolute Gasteiger partial charge is 0.492 e. The molecule has 1 aliphatic rings. The summed E-state index contributed by atoms with van der Waals surface area (Å²) in [5, 5.41) is 10.1. The van der Waals surface area contributed by atoms with E-state index in [1.807, 2.05) is 18.2 Å². The van der Waals surface area contributed by atoms with Gasteiger partial charge in [-0.2, -0.15) is 0 Å². The van der Waals surface area contributed by atoms with E-state index in [1.165, 1.54) is 5.56 Å². The Morgan fingerprint density at radius 2 is 2.11 bits per heavy atom. The molecule has 0 bridgehead atoms. The van der Waals surface area contributed by atoms with Crippen LogP contribution >= 0.6 is 0 Å². The summed E-state index contributed by atoms with van der Waals surface area (Å²) in [6.07, 6.45) is 0. The number of aliphatic hydroxyl groups is 1. The minimum atomic E-state index is -0.483. The van der Waals surface area contributed by atoms with E-state index < -0.39 is 5.60 Å². The normalized spacial score (nSPS) is 18.7. The Morgan fingerprint density at radius 1 is 1.39 bits per heavy atom. The van der Waals surface area contributed by atoms with Crippen molar-refractivity contribution < 1.29 is 9.84 Å². The van der Waals surface area contributed by atoms with Crippen LogP contribution in [0.3, 0.4) is 0 Å². The minimum absolute atomic E-state index is 0.325. The highest BCUT2D eigenvalue weighted by Gasteiger charge is 2.43. The molecule has 2 rings (SSSR count). The fraction of sp³-hybridized carbons (Fsp3) is 0.600. The van der Waals surface area contributed by atoms with Crippen molar-refractivity contribution in [2.45, 2.75) is 26.4 Å². The molecule has 0 aliphatic carbocycles. The first-order chi connectivity index (χ1) is 8.49. The van der Waals surface area contributed by atoms with Gasteiger partial charge < -0.3 is 9.84 Å². The molecule has 1 aromatic rings. The van der Waals surface area contributed by atoms with E-state index in [0.29, 0.717) is 12.5 Å². The molecular formula is C15H23NO2. The smallest absolute Gasteiger partial charge is 0.119 e. The monoisotopic (exact) mass is 249 g/mol. The summed E-state index contributed by atoms with van der Waals surface area (Å²) in [6, 6.07) is 8.09. The predicted molar refractivity (Wildman–Crippen MR) is 72.9 cm³/mol. The zero-order valence-corrected chi connectivity index (χ0v) is 11.5. The van der Waals surface area contributed by atoms with Gasteiger partial charge in [-0.15, -0.1) is 0 Å². The Bertz CT molecular complexity index is 397. The van der Waals surface area contributed by atoms with Gasteiger partial charge in [-0.3, -0.25) is 4.90 Å². The molecular weight excluding hydrogens is 226 g/mol. The van der Waals surface area contributed by atoms with E-state index in [9.17, 15) is 5.11 Å². The van der Waals surface area contributed by atoms with Gasteiger partial charge in [0, 0.05) is 19.6 Å². The lowest BCUT2D eigenvalue weighted by molar-refractivity contribution is -0.129. The van der Waals surface area contributed by atoms with Gasteiger partial charge in [0.05, 0.1) is 5.60 Å². The third-order valence-electron chi connectivity index (χ3n) is 3.74. The SMILES string of the molecule is Cc1cccc(OCCN2CC(O)(C(C)C)C2)c1. The number of β-amino-alcohol motifs (C(OH)–C–C–N with tert-alkyl or cyclic N) is 1. The fourth-order valence-corrected chi connectivity index (χ4v) is 2.25. The van der Waals surface area contributed by atoms with E-state index in [1.54, 1.807) is 0 Å². The van der Waals surface area contributed by atoms with Crippen LogP contribution in [-0.2, 0) is 0 Å². The summed E-state index contributed by atoms with van der Waals surface area (Å²) in [5.74, 6) is 1.25. The lowest BCUT2D eigenvalue weighted by Gasteiger charge is -2.49. The maximum atomic E-state index is 10.1. The van der Waals surface area contributed by atoms with Gasteiger partial charge in [-0.1, -0.05) is 26.0 Å². The van der Waals surface area contributed by atoms with Crippen LogP contribution in [0.15, 0.2) is 24.3 Å². The summed E-state index contributed by atoms with van der Waals surface area (Å²) >= 11 is 0. The second kappa shape index (κ2) is 5.29. The lowest BCUT2D eigenvalue weighted by Crippen LogP contribution is -2.64. The molecule has 1 saturated heterocycles. The average molecular weight is 249 g/mol. The molecule has 0 atom stereocenters. The molecule has 0 aromatic heterocycles. The van der Waals surface area contributed by atoms with E-state index in [4.69, 9.17) is 4.74 Å². The first kappa shape index (κ1) is 13.4. The molecule has 1 fully saturated rings. The molecule has 3 nitrogen and oxygen atoms in total. The number of hydrogen-bond acceptors (Lipinski definition) is 3. The number of hydrogen-bond donors (Lipinski definition) is 1. The van der Waals surface area contributed by atoms with Crippen LogP contribution in [0.1, 0.15) is 19.4 Å². The van der Waals surface area contributed by atoms with Crippen LogP contribution in [0.25, 0.3) is 0 Å². The molecule has 1 N–H and O–H groups in total. The summed E-state index contributed by atoms with van der Waals surface area (Å²) in [5.41, 5.74) is 0.731. The standard InChI is InChI=1S/C15H23NO2/c1-12(2)15(17)10-16(11-15)7-8-18-14-6-4-5-13(3)9-14/h4-6,9,12,17H,7-8,10-11H2,1-3H3. The number of ether oxygens (including phenoxy) is 1. The van der Waals surface area contributed by atoms with Gasteiger partial charge in [0.1, 0.15) is 12.4 Å². The molecule has 0 spiro atoms. The number of likely N-dealkylation sites (tertiary alicyclic amines) is 1. The van der Waals surface area contributed by atoms with Crippen molar-refractivity contribution in [2.24, 2.45) is 5.92 Å². The van der Waals surface area contributed by atoms with Crippen LogP contribution in [0, 0.1) is 12.8 Å². The van der Waals surface area contributed by atoms with Gasteiger partial charge in [-0.05, 0) is 30.5 Å². The number of benzene rings is 1. The van der Waals surface area contributed by atoms with Gasteiger partial charge >= 0.3 is 0 Å². The Kier molecular flexibility index (Phi) is 3.93. The van der Waals surface area contributed by atoms with E-state index >= 15 is 0 Å². The molecule has 0 amide bonds. The zero-order valence-electron chi connectivity index (χ0n) is 11.5. The topological polar surface area (TPSA) is 32.7 Å². The van der Waals surface area contributed by atoms with Gasteiger partial charge in [0.15, 0.2) is 0 Å². The Morgan fingerprint density at radius 3 is 2.72 bits per heavy atom. The first-order valence-corrected chi connectivity index (χ1v) is 6.64. The summed E-state index contributed by atoms with van der Waals surface area (Å²) in [7, 11) is 0. The third kappa shape index (κ3) is 3.03. The van der Waals surface area contributed by atoms with Crippen LogP contribution in [0.2, 0.25) is 0 Å². The molecule has 1 heterocycles. The van der Waals surface area contributed by atoms with Gasteiger partial charge in [0.25, 0.3) is 0 Å².